The average Bonchev–Trinajstić information content (AvgIpc) is 2.41. The van der Waals surface area contributed by atoms with Crippen LogP contribution < -0.4 is 5.32 Å². The second kappa shape index (κ2) is 5.61. The van der Waals surface area contributed by atoms with Crippen LogP contribution >= 0.6 is 11.6 Å². The highest BCUT2D eigenvalue weighted by atomic mass is 35.5. The second-order valence-corrected chi connectivity index (χ2v) is 5.17. The molecule has 0 radical (unpaired) electrons. The number of carbonyl (C=O) groups excluding carboxylic acids is 2. The highest BCUT2D eigenvalue weighted by Crippen LogP contribution is 2.17. The highest BCUT2D eigenvalue weighted by Gasteiger charge is 2.36. The Balaban J connectivity index is 2.18. The first-order chi connectivity index (χ1) is 9.02. The molecule has 1 aliphatic heterocycles. The van der Waals surface area contributed by atoms with E-state index in [2.05, 4.69) is 5.32 Å². The van der Waals surface area contributed by atoms with Crippen molar-refractivity contribution in [1.29, 1.82) is 0 Å². The molecule has 1 fully saturated rings. The standard InChI is InChI=1S/C14H17ClN2O2/c1-3-12-14(19)17(9(2)13(18)16-12)8-10-4-6-11(15)7-5-10/h4-7,9,12H,3,8H2,1-2H3,(H,16,18). The van der Waals surface area contributed by atoms with Crippen molar-refractivity contribution in [1.82, 2.24) is 10.2 Å². The van der Waals surface area contributed by atoms with E-state index in [0.717, 1.165) is 5.56 Å². The topological polar surface area (TPSA) is 49.4 Å². The Kier molecular flexibility index (Phi) is 4.10. The highest BCUT2D eigenvalue weighted by molar-refractivity contribution is 6.30. The van der Waals surface area contributed by atoms with Crippen LogP contribution in [-0.2, 0) is 16.1 Å². The van der Waals surface area contributed by atoms with Gasteiger partial charge in [0.05, 0.1) is 0 Å². The zero-order valence-electron chi connectivity index (χ0n) is 11.0. The van der Waals surface area contributed by atoms with Gasteiger partial charge in [-0.2, -0.15) is 0 Å². The van der Waals surface area contributed by atoms with Crippen LogP contribution in [0.5, 0.6) is 0 Å². The van der Waals surface area contributed by atoms with Crippen molar-refractivity contribution >= 4 is 23.4 Å². The third-order valence-corrected chi connectivity index (χ3v) is 3.67. The molecule has 1 heterocycles. The van der Waals surface area contributed by atoms with Crippen LogP contribution in [0.3, 0.4) is 0 Å². The van der Waals surface area contributed by atoms with E-state index in [1.807, 2.05) is 19.1 Å². The molecule has 0 aliphatic carbocycles. The third-order valence-electron chi connectivity index (χ3n) is 3.42. The number of halogens is 1. The van der Waals surface area contributed by atoms with E-state index in [1.165, 1.54) is 0 Å². The molecule has 1 aromatic rings. The molecule has 0 aromatic heterocycles. The predicted molar refractivity (Wildman–Crippen MR) is 73.7 cm³/mol. The van der Waals surface area contributed by atoms with Crippen molar-refractivity contribution in [3.8, 4) is 0 Å². The first kappa shape index (κ1) is 13.9. The number of carbonyl (C=O) groups is 2. The molecular weight excluding hydrogens is 264 g/mol. The predicted octanol–water partition coefficient (Wildman–Crippen LogP) is 1.97. The van der Waals surface area contributed by atoms with Crippen molar-refractivity contribution in [3.05, 3.63) is 34.9 Å². The van der Waals surface area contributed by atoms with Gasteiger partial charge in [-0.05, 0) is 31.0 Å². The molecular formula is C14H17ClN2O2. The molecule has 5 heteroatoms. The van der Waals surface area contributed by atoms with Crippen LogP contribution in [0.2, 0.25) is 5.02 Å². The number of nitrogens with one attached hydrogen (secondary N) is 1. The van der Waals surface area contributed by atoms with Crippen LogP contribution in [0, 0.1) is 0 Å². The number of hydrogen-bond donors (Lipinski definition) is 1. The fourth-order valence-corrected chi connectivity index (χ4v) is 2.29. The van der Waals surface area contributed by atoms with E-state index in [0.29, 0.717) is 18.0 Å². The van der Waals surface area contributed by atoms with Gasteiger partial charge in [0.25, 0.3) is 0 Å². The molecule has 0 saturated carbocycles. The minimum Gasteiger partial charge on any atom is -0.343 e. The fraction of sp³-hybridized carbons (Fsp3) is 0.429. The van der Waals surface area contributed by atoms with E-state index < -0.39 is 12.1 Å². The molecule has 1 N–H and O–H groups in total. The molecule has 2 unspecified atom stereocenters. The zero-order valence-corrected chi connectivity index (χ0v) is 11.8. The zero-order chi connectivity index (χ0) is 14.0. The van der Waals surface area contributed by atoms with Gasteiger partial charge in [0, 0.05) is 11.6 Å². The Hall–Kier alpha value is -1.55. The van der Waals surface area contributed by atoms with E-state index in [4.69, 9.17) is 11.6 Å². The van der Waals surface area contributed by atoms with Crippen molar-refractivity contribution in [2.75, 3.05) is 0 Å². The van der Waals surface area contributed by atoms with E-state index in [-0.39, 0.29) is 11.8 Å². The first-order valence-electron chi connectivity index (χ1n) is 6.38. The Bertz CT molecular complexity index is 487. The number of piperazine rings is 1. The lowest BCUT2D eigenvalue weighted by atomic mass is 10.1. The number of hydrogen-bond acceptors (Lipinski definition) is 2. The van der Waals surface area contributed by atoms with Gasteiger partial charge in [0.15, 0.2) is 0 Å². The Morgan fingerprint density at radius 1 is 1.26 bits per heavy atom. The second-order valence-electron chi connectivity index (χ2n) is 4.74. The lowest BCUT2D eigenvalue weighted by molar-refractivity contribution is -0.149. The van der Waals surface area contributed by atoms with Gasteiger partial charge in [-0.15, -0.1) is 0 Å². The summed E-state index contributed by atoms with van der Waals surface area (Å²) in [5.41, 5.74) is 0.967. The maximum Gasteiger partial charge on any atom is 0.246 e. The van der Waals surface area contributed by atoms with Crippen LogP contribution in [0.15, 0.2) is 24.3 Å². The minimum absolute atomic E-state index is 0.0236. The Morgan fingerprint density at radius 2 is 1.89 bits per heavy atom. The maximum absolute atomic E-state index is 12.3. The molecule has 0 spiro atoms. The van der Waals surface area contributed by atoms with Gasteiger partial charge in [-0.25, -0.2) is 0 Å². The smallest absolute Gasteiger partial charge is 0.246 e. The summed E-state index contributed by atoms with van der Waals surface area (Å²) in [6, 6.07) is 6.47. The van der Waals surface area contributed by atoms with Crippen LogP contribution in [0.25, 0.3) is 0 Å². The van der Waals surface area contributed by atoms with Crippen LogP contribution in [0.4, 0.5) is 0 Å². The molecule has 19 heavy (non-hydrogen) atoms. The number of amides is 2. The summed E-state index contributed by atoms with van der Waals surface area (Å²) in [5, 5.41) is 3.40. The molecule has 1 saturated heterocycles. The normalized spacial score (nSPS) is 23.4. The summed E-state index contributed by atoms with van der Waals surface area (Å²) in [4.78, 5) is 25.7. The molecule has 1 aliphatic rings. The lowest BCUT2D eigenvalue weighted by Gasteiger charge is -2.37. The fourth-order valence-electron chi connectivity index (χ4n) is 2.16. The number of rotatable bonds is 3. The Morgan fingerprint density at radius 3 is 2.47 bits per heavy atom. The lowest BCUT2D eigenvalue weighted by Crippen LogP contribution is -2.61. The summed E-state index contributed by atoms with van der Waals surface area (Å²) in [7, 11) is 0. The van der Waals surface area contributed by atoms with E-state index >= 15 is 0 Å². The van der Waals surface area contributed by atoms with E-state index in [9.17, 15) is 9.59 Å². The van der Waals surface area contributed by atoms with Crippen LogP contribution in [0.1, 0.15) is 25.8 Å². The third kappa shape index (κ3) is 2.89. The summed E-state index contributed by atoms with van der Waals surface area (Å²) >= 11 is 5.84. The molecule has 2 rings (SSSR count). The molecule has 4 nitrogen and oxygen atoms in total. The average molecular weight is 281 g/mol. The monoisotopic (exact) mass is 280 g/mol. The van der Waals surface area contributed by atoms with E-state index in [1.54, 1.807) is 24.0 Å². The summed E-state index contributed by atoms with van der Waals surface area (Å²) in [6.45, 7) is 4.06. The Labute approximate surface area is 117 Å². The molecule has 2 atom stereocenters. The van der Waals surface area contributed by atoms with Crippen molar-refractivity contribution < 1.29 is 9.59 Å². The van der Waals surface area contributed by atoms with Crippen molar-refractivity contribution in [2.45, 2.75) is 38.9 Å². The largest absolute Gasteiger partial charge is 0.343 e. The minimum atomic E-state index is -0.439. The molecule has 2 amide bonds. The summed E-state index contributed by atoms with van der Waals surface area (Å²) in [6.07, 6.45) is 0.606. The first-order valence-corrected chi connectivity index (χ1v) is 6.76. The van der Waals surface area contributed by atoms with Gasteiger partial charge < -0.3 is 10.2 Å². The summed E-state index contributed by atoms with van der Waals surface area (Å²) < 4.78 is 0. The van der Waals surface area contributed by atoms with Gasteiger partial charge in [0.1, 0.15) is 12.1 Å². The number of nitrogens with zero attached hydrogens (tertiary/aromatic N) is 1. The van der Waals surface area contributed by atoms with Gasteiger partial charge in [0.2, 0.25) is 11.8 Å². The summed E-state index contributed by atoms with van der Waals surface area (Å²) in [5.74, 6) is -0.120. The SMILES string of the molecule is CCC1NC(=O)C(C)N(Cc2ccc(Cl)cc2)C1=O. The van der Waals surface area contributed by atoms with Gasteiger partial charge in [-0.1, -0.05) is 30.7 Å². The van der Waals surface area contributed by atoms with Gasteiger partial charge >= 0.3 is 0 Å². The van der Waals surface area contributed by atoms with Crippen molar-refractivity contribution in [2.24, 2.45) is 0 Å². The molecule has 0 bridgehead atoms. The van der Waals surface area contributed by atoms with Crippen molar-refractivity contribution in [3.63, 3.8) is 0 Å². The molecule has 102 valence electrons. The van der Waals surface area contributed by atoms with Crippen LogP contribution in [-0.4, -0.2) is 28.8 Å². The number of benzene rings is 1. The maximum atomic E-state index is 12.3. The molecule has 1 aromatic carbocycles. The quantitative estimate of drug-likeness (QED) is 0.920. The van der Waals surface area contributed by atoms with Gasteiger partial charge in [-0.3, -0.25) is 9.59 Å².